The molecule has 1 aromatic heterocycles. The Kier molecular flexibility index (Phi) is 4.26. The van der Waals surface area contributed by atoms with Crippen LogP contribution >= 0.6 is 0 Å². The van der Waals surface area contributed by atoms with Gasteiger partial charge in [-0.05, 0) is 12.1 Å². The van der Waals surface area contributed by atoms with Crippen LogP contribution in [0, 0.1) is 11.3 Å². The van der Waals surface area contributed by atoms with Crippen LogP contribution in [0.2, 0.25) is 0 Å². The van der Waals surface area contributed by atoms with Crippen LogP contribution in [0.1, 0.15) is 12.1 Å². The summed E-state index contributed by atoms with van der Waals surface area (Å²) in [4.78, 5) is 3.08. The van der Waals surface area contributed by atoms with Gasteiger partial charge in [-0.25, -0.2) is 18.1 Å². The number of alkyl halides is 3. The lowest BCUT2D eigenvalue weighted by Gasteiger charge is -2.09. The quantitative estimate of drug-likeness (QED) is 0.897. The van der Waals surface area contributed by atoms with Crippen molar-refractivity contribution in [1.82, 2.24) is 9.71 Å². The second-order valence-corrected chi connectivity index (χ2v) is 4.96. The molecule has 0 radical (unpaired) electrons. The highest BCUT2D eigenvalue weighted by molar-refractivity contribution is 7.89. The summed E-state index contributed by atoms with van der Waals surface area (Å²) in [6, 6.07) is 3.93. The van der Waals surface area contributed by atoms with E-state index in [9.17, 15) is 21.6 Å². The Hall–Kier alpha value is -1.66. The molecule has 98 valence electrons. The number of pyridine rings is 1. The van der Waals surface area contributed by atoms with Gasteiger partial charge in [0.15, 0.2) is 5.69 Å². The summed E-state index contributed by atoms with van der Waals surface area (Å²) < 4.78 is 60.7. The molecule has 0 spiro atoms. The largest absolute Gasteiger partial charge is 0.390 e. The molecule has 18 heavy (non-hydrogen) atoms. The van der Waals surface area contributed by atoms with Crippen molar-refractivity contribution in [2.75, 3.05) is 6.54 Å². The maximum Gasteiger partial charge on any atom is 0.390 e. The fourth-order valence-corrected chi connectivity index (χ4v) is 2.23. The van der Waals surface area contributed by atoms with Gasteiger partial charge in [0.2, 0.25) is 10.0 Å². The summed E-state index contributed by atoms with van der Waals surface area (Å²) in [6.07, 6.45) is -4.52. The van der Waals surface area contributed by atoms with Gasteiger partial charge in [0.25, 0.3) is 0 Å². The van der Waals surface area contributed by atoms with E-state index >= 15 is 0 Å². The molecule has 0 unspecified atom stereocenters. The van der Waals surface area contributed by atoms with Crippen LogP contribution in [0.5, 0.6) is 0 Å². The van der Waals surface area contributed by atoms with E-state index in [0.29, 0.717) is 0 Å². The number of rotatable bonds is 4. The van der Waals surface area contributed by atoms with Crippen molar-refractivity contribution in [1.29, 1.82) is 5.26 Å². The molecule has 0 saturated carbocycles. The van der Waals surface area contributed by atoms with Crippen LogP contribution < -0.4 is 4.72 Å². The van der Waals surface area contributed by atoms with Crippen LogP contribution in [0.25, 0.3) is 0 Å². The Bertz CT molecular complexity index is 563. The van der Waals surface area contributed by atoms with Gasteiger partial charge in [0, 0.05) is 12.7 Å². The van der Waals surface area contributed by atoms with E-state index in [-0.39, 0.29) is 5.69 Å². The number of nitrogens with one attached hydrogen (secondary N) is 1. The van der Waals surface area contributed by atoms with Crippen molar-refractivity contribution in [2.45, 2.75) is 17.5 Å². The van der Waals surface area contributed by atoms with E-state index in [0.717, 1.165) is 6.07 Å². The Morgan fingerprint density at radius 2 is 2.11 bits per heavy atom. The second kappa shape index (κ2) is 5.32. The average Bonchev–Trinajstić information content (AvgIpc) is 2.27. The number of nitrogens with zero attached hydrogens (tertiary/aromatic N) is 2. The standard InChI is InChI=1S/C9H8F3N3O2S/c10-9(11,12)3-5-15-18(16,17)8-2-1-4-14-7(8)6-13/h1-2,4,15H,3,5H2. The maximum absolute atomic E-state index is 11.9. The van der Waals surface area contributed by atoms with Gasteiger partial charge >= 0.3 is 6.18 Å². The first-order chi connectivity index (χ1) is 8.26. The van der Waals surface area contributed by atoms with E-state index in [1.807, 2.05) is 0 Å². The molecule has 0 bridgehead atoms. The third-order valence-electron chi connectivity index (χ3n) is 1.87. The van der Waals surface area contributed by atoms with Gasteiger partial charge in [-0.15, -0.1) is 0 Å². The summed E-state index contributed by atoms with van der Waals surface area (Å²) in [6.45, 7) is -0.786. The van der Waals surface area contributed by atoms with Crippen molar-refractivity contribution in [3.05, 3.63) is 24.0 Å². The predicted octanol–water partition coefficient (Wildman–Crippen LogP) is 1.18. The zero-order valence-corrected chi connectivity index (χ0v) is 9.72. The fourth-order valence-electron chi connectivity index (χ4n) is 1.10. The van der Waals surface area contributed by atoms with Gasteiger partial charge in [0.1, 0.15) is 11.0 Å². The Balaban J connectivity index is 2.85. The molecule has 1 aromatic rings. The monoisotopic (exact) mass is 279 g/mol. The molecular formula is C9H8F3N3O2S. The highest BCUT2D eigenvalue weighted by atomic mass is 32.2. The van der Waals surface area contributed by atoms with Crippen LogP contribution in [0.3, 0.4) is 0 Å². The van der Waals surface area contributed by atoms with Crippen molar-refractivity contribution >= 4 is 10.0 Å². The van der Waals surface area contributed by atoms with E-state index in [2.05, 4.69) is 4.98 Å². The molecule has 0 saturated heterocycles. The molecule has 1 rings (SSSR count). The van der Waals surface area contributed by atoms with Crippen LogP contribution in [0.4, 0.5) is 13.2 Å². The number of halogens is 3. The topological polar surface area (TPSA) is 82.8 Å². The summed E-state index contributed by atoms with van der Waals surface area (Å²) in [5.41, 5.74) is -0.364. The minimum atomic E-state index is -4.45. The molecular weight excluding hydrogens is 271 g/mol. The zero-order valence-electron chi connectivity index (χ0n) is 8.90. The van der Waals surface area contributed by atoms with Crippen molar-refractivity contribution in [2.24, 2.45) is 0 Å². The van der Waals surface area contributed by atoms with Crippen LogP contribution in [0.15, 0.2) is 23.2 Å². The Labute approximate surface area is 101 Å². The minimum absolute atomic E-state index is 0.364. The van der Waals surface area contributed by atoms with E-state index in [1.54, 1.807) is 10.8 Å². The molecule has 1 heterocycles. The third kappa shape index (κ3) is 3.97. The molecule has 0 aliphatic carbocycles. The maximum atomic E-state index is 11.9. The Morgan fingerprint density at radius 3 is 2.67 bits per heavy atom. The highest BCUT2D eigenvalue weighted by Gasteiger charge is 2.28. The number of hydrogen-bond donors (Lipinski definition) is 1. The highest BCUT2D eigenvalue weighted by Crippen LogP contribution is 2.19. The number of nitriles is 1. The molecule has 0 aliphatic heterocycles. The van der Waals surface area contributed by atoms with Gasteiger partial charge < -0.3 is 0 Å². The normalized spacial score (nSPS) is 12.1. The number of hydrogen-bond acceptors (Lipinski definition) is 4. The SMILES string of the molecule is N#Cc1ncccc1S(=O)(=O)NCCC(F)(F)F. The fraction of sp³-hybridized carbons (Fsp3) is 0.333. The first-order valence-electron chi connectivity index (χ1n) is 4.68. The lowest BCUT2D eigenvalue weighted by atomic mass is 10.4. The van der Waals surface area contributed by atoms with Crippen LogP contribution in [-0.2, 0) is 10.0 Å². The smallest absolute Gasteiger partial charge is 0.244 e. The molecule has 9 heteroatoms. The Morgan fingerprint density at radius 1 is 1.44 bits per heavy atom. The summed E-state index contributed by atoms with van der Waals surface area (Å²) >= 11 is 0. The minimum Gasteiger partial charge on any atom is -0.244 e. The average molecular weight is 279 g/mol. The molecule has 0 aliphatic rings. The van der Waals surface area contributed by atoms with Gasteiger partial charge in [-0.1, -0.05) is 0 Å². The van der Waals surface area contributed by atoms with Gasteiger partial charge in [0.05, 0.1) is 6.42 Å². The van der Waals surface area contributed by atoms with E-state index < -0.39 is 34.1 Å². The first-order valence-corrected chi connectivity index (χ1v) is 6.16. The van der Waals surface area contributed by atoms with Gasteiger partial charge in [-0.2, -0.15) is 18.4 Å². The van der Waals surface area contributed by atoms with Crippen molar-refractivity contribution in [3.63, 3.8) is 0 Å². The predicted molar refractivity (Wildman–Crippen MR) is 54.8 cm³/mol. The lowest BCUT2D eigenvalue weighted by molar-refractivity contribution is -0.132. The van der Waals surface area contributed by atoms with E-state index in [4.69, 9.17) is 5.26 Å². The third-order valence-corrected chi connectivity index (χ3v) is 3.36. The molecule has 5 nitrogen and oxygen atoms in total. The van der Waals surface area contributed by atoms with Crippen LogP contribution in [-0.4, -0.2) is 26.1 Å². The molecule has 0 fully saturated rings. The zero-order chi connectivity index (χ0) is 13.8. The second-order valence-electron chi connectivity index (χ2n) is 3.22. The number of sulfonamides is 1. The van der Waals surface area contributed by atoms with Gasteiger partial charge in [-0.3, -0.25) is 0 Å². The van der Waals surface area contributed by atoms with Crippen molar-refractivity contribution in [3.8, 4) is 6.07 Å². The first kappa shape index (κ1) is 14.4. The lowest BCUT2D eigenvalue weighted by Crippen LogP contribution is -2.28. The summed E-state index contributed by atoms with van der Waals surface area (Å²) in [7, 11) is -4.16. The molecule has 0 atom stereocenters. The molecule has 1 N–H and O–H groups in total. The number of aromatic nitrogens is 1. The van der Waals surface area contributed by atoms with Crippen molar-refractivity contribution < 1.29 is 21.6 Å². The summed E-state index contributed by atoms with van der Waals surface area (Å²) in [5, 5.41) is 8.65. The van der Waals surface area contributed by atoms with E-state index in [1.165, 1.54) is 12.3 Å². The molecule has 0 amide bonds. The molecule has 0 aromatic carbocycles. The summed E-state index contributed by atoms with van der Waals surface area (Å²) in [5.74, 6) is 0.